The Morgan fingerprint density at radius 1 is 0.420 bits per heavy atom. The summed E-state index contributed by atoms with van der Waals surface area (Å²) in [5.41, 5.74) is 7.33. The standard InChI is InChI=1S/C20H31N3O.C18H25N3O.C18H27N3O.C16H23N3O/c1-15(2)13-23(14-16(3)4)10-6-9-21-19-12-18(24)11-17-7-5-8-22-20(17)19;22-16-13-15-7-6-9-20-18(15)17(14-16)19-8-2-1-3-10-21-11-4-5-12-21;1-3-10-21(11-4-2)12-6-9-19-17-14-16(22)13-15-7-5-8-20-18(15)17;1-19(2)10-5-3-4-8-17-15-12-14(20)11-13-7-6-9-18-16(13)15/h5,7-8,11-12,15-16,21,24H,6,9-10,13-14H2,1-4H3;6-7,9,13-14,19,22H,1-5,8,10-12H2;5,7-8,13-14,19,22H,3-4,6,9-12H2,1-2H3;6-7,9,11-12,17,20H,3-5,8,10H2,1-2H3. The van der Waals surface area contributed by atoms with E-state index in [1.54, 1.807) is 73.3 Å². The Labute approximate surface area is 526 Å². The van der Waals surface area contributed by atoms with Crippen molar-refractivity contribution in [2.75, 3.05) is 127 Å². The smallest absolute Gasteiger partial charge is 0.118 e. The Hall–Kier alpha value is -7.24. The molecule has 0 unspecified atom stereocenters. The average molecular weight is 1200 g/mol. The SMILES string of the molecule is CC(C)CN(CCCNc1cc(O)cc2cccnc12)CC(C)C.CCCN(CCC)CCCNc1cc(O)cc2cccnc12.CN(C)CCCCCNc1cc(O)cc2cccnc12.Oc1cc(NCCCCCN2CCCC2)c2ncccc2c1. The predicted molar refractivity (Wildman–Crippen MR) is 372 cm³/mol. The summed E-state index contributed by atoms with van der Waals surface area (Å²) in [6, 6.07) is 29.4. The molecule has 0 spiro atoms. The fourth-order valence-corrected chi connectivity index (χ4v) is 11.4. The molecule has 1 aliphatic heterocycles. The number of nitrogens with one attached hydrogen (secondary N) is 4. The van der Waals surface area contributed by atoms with Crippen molar-refractivity contribution in [2.24, 2.45) is 11.8 Å². The number of aromatic hydroxyl groups is 4. The maximum absolute atomic E-state index is 9.88. The Morgan fingerprint density at radius 2 is 0.761 bits per heavy atom. The zero-order chi connectivity index (χ0) is 62.9. The van der Waals surface area contributed by atoms with E-state index < -0.39 is 0 Å². The molecule has 16 nitrogen and oxygen atoms in total. The van der Waals surface area contributed by atoms with Crippen LogP contribution in [0.3, 0.4) is 0 Å². The van der Waals surface area contributed by atoms with Crippen LogP contribution in [0.15, 0.2) is 122 Å². The van der Waals surface area contributed by atoms with Gasteiger partial charge < -0.3 is 61.3 Å². The van der Waals surface area contributed by atoms with Gasteiger partial charge in [-0.25, -0.2) is 0 Å². The number of unbranched alkanes of at least 4 members (excludes halogenated alkanes) is 4. The molecular weight excluding hydrogens is 1100 g/mol. The third-order valence-corrected chi connectivity index (χ3v) is 15.3. The number of hydrogen-bond acceptors (Lipinski definition) is 16. The van der Waals surface area contributed by atoms with Crippen molar-refractivity contribution in [3.8, 4) is 23.0 Å². The van der Waals surface area contributed by atoms with Crippen LogP contribution in [0.4, 0.5) is 22.7 Å². The molecule has 9 rings (SSSR count). The third-order valence-electron chi connectivity index (χ3n) is 15.3. The maximum atomic E-state index is 9.88. The molecular formula is C72H106N12O4. The van der Waals surface area contributed by atoms with Gasteiger partial charge in [0, 0.05) is 110 Å². The van der Waals surface area contributed by atoms with Crippen LogP contribution in [0.2, 0.25) is 0 Å². The van der Waals surface area contributed by atoms with E-state index in [1.807, 2.05) is 48.5 Å². The molecule has 8 aromatic rings. The fourth-order valence-electron chi connectivity index (χ4n) is 11.4. The first-order valence-electron chi connectivity index (χ1n) is 32.8. The number of rotatable bonds is 32. The van der Waals surface area contributed by atoms with E-state index in [2.05, 4.69) is 116 Å². The summed E-state index contributed by atoms with van der Waals surface area (Å²) < 4.78 is 0. The molecule has 0 amide bonds. The van der Waals surface area contributed by atoms with Crippen LogP contribution >= 0.6 is 0 Å². The van der Waals surface area contributed by atoms with Gasteiger partial charge in [-0.05, 0) is 191 Å². The maximum Gasteiger partial charge on any atom is 0.118 e. The number of hydrogen-bond donors (Lipinski definition) is 8. The normalized spacial score (nSPS) is 12.4. The highest BCUT2D eigenvalue weighted by molar-refractivity contribution is 5.94. The van der Waals surface area contributed by atoms with Gasteiger partial charge in [-0.1, -0.05) is 78.6 Å². The minimum absolute atomic E-state index is 0.277. The first-order chi connectivity index (χ1) is 42.7. The van der Waals surface area contributed by atoms with Crippen molar-refractivity contribution in [3.63, 3.8) is 0 Å². The van der Waals surface area contributed by atoms with Crippen LogP contribution in [0, 0.1) is 11.8 Å². The highest BCUT2D eigenvalue weighted by Crippen LogP contribution is 2.30. The van der Waals surface area contributed by atoms with E-state index >= 15 is 0 Å². The van der Waals surface area contributed by atoms with E-state index in [9.17, 15) is 20.4 Å². The number of fused-ring (bicyclic) bond motifs is 4. The molecule has 478 valence electrons. The lowest BCUT2D eigenvalue weighted by atomic mass is 10.1. The number of likely N-dealkylation sites (tertiary alicyclic amines) is 1. The van der Waals surface area contributed by atoms with Gasteiger partial charge in [0.25, 0.3) is 0 Å². The van der Waals surface area contributed by atoms with Crippen molar-refractivity contribution >= 4 is 66.4 Å². The summed E-state index contributed by atoms with van der Waals surface area (Å²) in [7, 11) is 4.20. The van der Waals surface area contributed by atoms with Crippen LogP contribution in [-0.2, 0) is 0 Å². The second-order valence-electron chi connectivity index (χ2n) is 24.6. The van der Waals surface area contributed by atoms with Gasteiger partial charge in [0.1, 0.15) is 23.0 Å². The zero-order valence-electron chi connectivity index (χ0n) is 54.5. The molecule has 0 aliphatic carbocycles. The van der Waals surface area contributed by atoms with Crippen molar-refractivity contribution in [2.45, 2.75) is 119 Å². The molecule has 0 radical (unpaired) electrons. The number of aromatic nitrogens is 4. The number of phenolic OH excluding ortho intramolecular Hbond substituents is 4. The van der Waals surface area contributed by atoms with E-state index in [0.29, 0.717) is 11.8 Å². The summed E-state index contributed by atoms with van der Waals surface area (Å²) in [5, 5.41) is 56.8. The molecule has 16 heteroatoms. The lowest BCUT2D eigenvalue weighted by Crippen LogP contribution is -2.33. The van der Waals surface area contributed by atoms with Gasteiger partial charge in [-0.2, -0.15) is 0 Å². The molecule has 0 saturated carbocycles. The summed E-state index contributed by atoms with van der Waals surface area (Å²) in [4.78, 5) is 27.5. The first kappa shape index (κ1) is 69.9. The van der Waals surface area contributed by atoms with Crippen LogP contribution in [0.1, 0.15) is 119 Å². The molecule has 1 fully saturated rings. The van der Waals surface area contributed by atoms with Gasteiger partial charge in [0.2, 0.25) is 0 Å². The number of phenols is 4. The molecule has 8 N–H and O–H groups in total. The number of nitrogens with zero attached hydrogens (tertiary/aromatic N) is 8. The van der Waals surface area contributed by atoms with Crippen LogP contribution < -0.4 is 21.3 Å². The topological polar surface area (TPSA) is 194 Å². The van der Waals surface area contributed by atoms with Gasteiger partial charge in [0.05, 0.1) is 44.8 Å². The molecule has 88 heavy (non-hydrogen) atoms. The Bertz CT molecular complexity index is 3230. The lowest BCUT2D eigenvalue weighted by Gasteiger charge is -2.26. The summed E-state index contributed by atoms with van der Waals surface area (Å²) >= 11 is 0. The Balaban J connectivity index is 0.000000188. The summed E-state index contributed by atoms with van der Waals surface area (Å²) in [6.45, 7) is 28.9. The fraction of sp³-hybridized carbons (Fsp3) is 0.500. The second-order valence-corrected chi connectivity index (χ2v) is 24.6. The predicted octanol–water partition coefficient (Wildman–Crippen LogP) is 14.9. The third kappa shape index (κ3) is 25.1. The minimum atomic E-state index is 0.277. The number of anilines is 4. The molecule has 1 aliphatic rings. The van der Waals surface area contributed by atoms with Crippen LogP contribution in [0.5, 0.6) is 23.0 Å². The number of benzene rings is 4. The van der Waals surface area contributed by atoms with Crippen LogP contribution in [0.25, 0.3) is 43.6 Å². The average Bonchev–Trinajstić information content (AvgIpc) is 2.97. The van der Waals surface area contributed by atoms with Gasteiger partial charge in [-0.3, -0.25) is 19.9 Å². The van der Waals surface area contributed by atoms with E-state index in [-0.39, 0.29) is 23.0 Å². The number of pyridine rings is 4. The quantitative estimate of drug-likeness (QED) is 0.0186. The highest BCUT2D eigenvalue weighted by atomic mass is 16.3. The summed E-state index contributed by atoms with van der Waals surface area (Å²) in [6.07, 6.45) is 21.7. The van der Waals surface area contributed by atoms with Crippen molar-refractivity contribution in [3.05, 3.63) is 122 Å². The lowest BCUT2D eigenvalue weighted by molar-refractivity contribution is 0.219. The van der Waals surface area contributed by atoms with Gasteiger partial charge in [-0.15, -0.1) is 0 Å². The van der Waals surface area contributed by atoms with Crippen molar-refractivity contribution in [1.82, 2.24) is 39.5 Å². The minimum Gasteiger partial charge on any atom is -0.508 e. The van der Waals surface area contributed by atoms with E-state index in [1.165, 1.54) is 84.1 Å². The van der Waals surface area contributed by atoms with Gasteiger partial charge >= 0.3 is 0 Å². The molecule has 1 saturated heterocycles. The molecule has 0 bridgehead atoms. The Morgan fingerprint density at radius 3 is 1.10 bits per heavy atom. The highest BCUT2D eigenvalue weighted by Gasteiger charge is 2.13. The molecule has 0 atom stereocenters. The first-order valence-corrected chi connectivity index (χ1v) is 32.8. The van der Waals surface area contributed by atoms with Crippen LogP contribution in [-0.4, -0.2) is 166 Å². The summed E-state index contributed by atoms with van der Waals surface area (Å²) in [5.74, 6) is 2.50. The van der Waals surface area contributed by atoms with Crippen molar-refractivity contribution in [1.29, 1.82) is 0 Å². The van der Waals surface area contributed by atoms with E-state index in [0.717, 1.165) is 151 Å². The second kappa shape index (κ2) is 38.9. The van der Waals surface area contributed by atoms with E-state index in [4.69, 9.17) is 0 Å². The molecule has 4 aromatic carbocycles. The zero-order valence-corrected chi connectivity index (χ0v) is 54.5. The monoisotopic (exact) mass is 1200 g/mol. The largest absolute Gasteiger partial charge is 0.508 e. The van der Waals surface area contributed by atoms with Gasteiger partial charge in [0.15, 0.2) is 0 Å². The Kier molecular flexibility index (Phi) is 30.9. The molecule has 4 aromatic heterocycles. The van der Waals surface area contributed by atoms with Crippen molar-refractivity contribution < 1.29 is 20.4 Å². The molecule has 5 heterocycles.